The third-order valence-corrected chi connectivity index (χ3v) is 5.36. The van der Waals surface area contributed by atoms with Crippen molar-refractivity contribution in [1.29, 1.82) is 0 Å². The first-order valence-electron chi connectivity index (χ1n) is 8.29. The van der Waals surface area contributed by atoms with Crippen LogP contribution in [0.4, 0.5) is 4.39 Å². The number of benzene rings is 1. The first-order valence-corrected chi connectivity index (χ1v) is 8.29. The van der Waals surface area contributed by atoms with Gasteiger partial charge in [0.15, 0.2) is 0 Å². The van der Waals surface area contributed by atoms with E-state index in [-0.39, 0.29) is 11.9 Å². The molecule has 2 nitrogen and oxygen atoms in total. The van der Waals surface area contributed by atoms with Gasteiger partial charge < -0.3 is 10.1 Å². The van der Waals surface area contributed by atoms with Gasteiger partial charge in [0.1, 0.15) is 11.6 Å². The third kappa shape index (κ3) is 2.94. The number of methoxy groups -OCH3 is 1. The Morgan fingerprint density at radius 2 is 2.19 bits per heavy atom. The number of ether oxygens (including phenoxy) is 1. The highest BCUT2D eigenvalue weighted by Crippen LogP contribution is 2.53. The summed E-state index contributed by atoms with van der Waals surface area (Å²) >= 11 is 0. The maximum atomic E-state index is 13.8. The molecule has 1 aromatic rings. The van der Waals surface area contributed by atoms with Crippen molar-refractivity contribution in [3.8, 4) is 5.75 Å². The second-order valence-corrected chi connectivity index (χ2v) is 6.66. The quantitative estimate of drug-likeness (QED) is 0.843. The summed E-state index contributed by atoms with van der Waals surface area (Å²) in [5, 5.41) is 3.67. The highest BCUT2D eigenvalue weighted by atomic mass is 19.1. The van der Waals surface area contributed by atoms with E-state index < -0.39 is 0 Å². The Hall–Kier alpha value is -1.09. The molecular formula is C18H26FNO. The molecule has 0 aliphatic heterocycles. The molecule has 2 bridgehead atoms. The van der Waals surface area contributed by atoms with Gasteiger partial charge in [-0.05, 0) is 68.2 Å². The first kappa shape index (κ1) is 14.8. The van der Waals surface area contributed by atoms with Gasteiger partial charge in [0.25, 0.3) is 0 Å². The largest absolute Gasteiger partial charge is 0.496 e. The number of rotatable bonds is 6. The Labute approximate surface area is 127 Å². The monoisotopic (exact) mass is 291 g/mol. The molecule has 4 unspecified atom stereocenters. The SMILES string of the molecule is CCCNC(c1cc(F)ccc1OC)C1CC2CCC1C2. The molecule has 2 saturated carbocycles. The van der Waals surface area contributed by atoms with Gasteiger partial charge >= 0.3 is 0 Å². The molecule has 0 heterocycles. The van der Waals surface area contributed by atoms with E-state index in [1.54, 1.807) is 19.2 Å². The van der Waals surface area contributed by atoms with Crippen LogP contribution in [0.25, 0.3) is 0 Å². The van der Waals surface area contributed by atoms with Gasteiger partial charge in [0.2, 0.25) is 0 Å². The molecule has 1 aromatic carbocycles. The molecule has 2 aliphatic rings. The van der Waals surface area contributed by atoms with Crippen LogP contribution in [0.15, 0.2) is 18.2 Å². The van der Waals surface area contributed by atoms with Gasteiger partial charge in [-0.15, -0.1) is 0 Å². The van der Waals surface area contributed by atoms with E-state index >= 15 is 0 Å². The molecule has 0 spiro atoms. The lowest BCUT2D eigenvalue weighted by Gasteiger charge is -2.32. The van der Waals surface area contributed by atoms with Crippen LogP contribution in [0.5, 0.6) is 5.75 Å². The van der Waals surface area contributed by atoms with Crippen LogP contribution in [0.2, 0.25) is 0 Å². The molecule has 1 N–H and O–H groups in total. The minimum Gasteiger partial charge on any atom is -0.496 e. The molecule has 21 heavy (non-hydrogen) atoms. The fourth-order valence-electron chi connectivity index (χ4n) is 4.44. The fraction of sp³-hybridized carbons (Fsp3) is 0.667. The topological polar surface area (TPSA) is 21.3 Å². The highest BCUT2D eigenvalue weighted by molar-refractivity contribution is 5.37. The van der Waals surface area contributed by atoms with Crippen LogP contribution in [0.1, 0.15) is 50.6 Å². The van der Waals surface area contributed by atoms with Crippen LogP contribution in [0, 0.1) is 23.6 Å². The maximum absolute atomic E-state index is 13.8. The van der Waals surface area contributed by atoms with Crippen molar-refractivity contribution in [2.24, 2.45) is 17.8 Å². The average Bonchev–Trinajstić information content (AvgIpc) is 3.11. The van der Waals surface area contributed by atoms with Gasteiger partial charge in [-0.2, -0.15) is 0 Å². The molecule has 0 saturated heterocycles. The van der Waals surface area contributed by atoms with E-state index in [1.165, 1.54) is 31.7 Å². The molecule has 0 aromatic heterocycles. The number of halogens is 1. The zero-order valence-electron chi connectivity index (χ0n) is 13.1. The zero-order chi connectivity index (χ0) is 14.8. The van der Waals surface area contributed by atoms with Crippen molar-refractivity contribution < 1.29 is 9.13 Å². The Morgan fingerprint density at radius 1 is 1.33 bits per heavy atom. The van der Waals surface area contributed by atoms with Crippen LogP contribution in [-0.2, 0) is 0 Å². The molecule has 2 fully saturated rings. The Bertz CT molecular complexity index is 490. The van der Waals surface area contributed by atoms with E-state index in [2.05, 4.69) is 12.2 Å². The molecule has 4 atom stereocenters. The second-order valence-electron chi connectivity index (χ2n) is 6.66. The summed E-state index contributed by atoms with van der Waals surface area (Å²) in [6.07, 6.45) is 6.48. The lowest BCUT2D eigenvalue weighted by Crippen LogP contribution is -2.32. The fourth-order valence-corrected chi connectivity index (χ4v) is 4.44. The van der Waals surface area contributed by atoms with Crippen LogP contribution in [-0.4, -0.2) is 13.7 Å². The molecule has 0 radical (unpaired) electrons. The molecule has 3 rings (SSSR count). The number of hydrogen-bond donors (Lipinski definition) is 1. The van der Waals surface area contributed by atoms with E-state index in [0.717, 1.165) is 36.1 Å². The standard InChI is InChI=1S/C18H26FNO/c1-3-8-20-18(15-10-12-4-5-13(15)9-12)16-11-14(19)6-7-17(16)21-2/h6-7,11-13,15,18,20H,3-5,8-10H2,1-2H3. The van der Waals surface area contributed by atoms with Gasteiger partial charge in [0, 0.05) is 11.6 Å². The van der Waals surface area contributed by atoms with Gasteiger partial charge in [-0.25, -0.2) is 4.39 Å². The lowest BCUT2D eigenvalue weighted by atomic mass is 9.80. The molecular weight excluding hydrogens is 265 g/mol. The van der Waals surface area contributed by atoms with E-state index in [9.17, 15) is 4.39 Å². The summed E-state index contributed by atoms with van der Waals surface area (Å²) in [5.41, 5.74) is 1.00. The summed E-state index contributed by atoms with van der Waals surface area (Å²) in [6, 6.07) is 5.14. The summed E-state index contributed by atoms with van der Waals surface area (Å²) in [6.45, 7) is 3.14. The van der Waals surface area contributed by atoms with Crippen molar-refractivity contribution in [3.63, 3.8) is 0 Å². The molecule has 3 heteroatoms. The maximum Gasteiger partial charge on any atom is 0.123 e. The first-order chi connectivity index (χ1) is 10.2. The van der Waals surface area contributed by atoms with Gasteiger partial charge in [0.05, 0.1) is 7.11 Å². The normalized spacial score (nSPS) is 28.8. The Morgan fingerprint density at radius 3 is 2.81 bits per heavy atom. The van der Waals surface area contributed by atoms with Crippen LogP contribution in [0.3, 0.4) is 0 Å². The molecule has 2 aliphatic carbocycles. The number of fused-ring (bicyclic) bond motifs is 2. The van der Waals surface area contributed by atoms with Crippen molar-refractivity contribution in [2.75, 3.05) is 13.7 Å². The van der Waals surface area contributed by atoms with E-state index in [4.69, 9.17) is 4.74 Å². The van der Waals surface area contributed by atoms with Crippen molar-refractivity contribution >= 4 is 0 Å². The minimum atomic E-state index is -0.169. The molecule has 116 valence electrons. The Balaban J connectivity index is 1.90. The van der Waals surface area contributed by atoms with E-state index in [1.807, 2.05) is 0 Å². The lowest BCUT2D eigenvalue weighted by molar-refractivity contribution is 0.245. The van der Waals surface area contributed by atoms with Crippen LogP contribution >= 0.6 is 0 Å². The average molecular weight is 291 g/mol. The summed E-state index contributed by atoms with van der Waals surface area (Å²) in [4.78, 5) is 0. The molecule has 0 amide bonds. The Kier molecular flexibility index (Phi) is 4.48. The number of nitrogens with one attached hydrogen (secondary N) is 1. The highest BCUT2D eigenvalue weighted by Gasteiger charge is 2.43. The summed E-state index contributed by atoms with van der Waals surface area (Å²) < 4.78 is 19.3. The second kappa shape index (κ2) is 6.35. The van der Waals surface area contributed by atoms with Crippen LogP contribution < -0.4 is 10.1 Å². The van der Waals surface area contributed by atoms with Gasteiger partial charge in [-0.3, -0.25) is 0 Å². The predicted octanol–water partition coefficient (Wildman–Crippen LogP) is 4.31. The predicted molar refractivity (Wildman–Crippen MR) is 82.9 cm³/mol. The van der Waals surface area contributed by atoms with E-state index in [0.29, 0.717) is 5.92 Å². The zero-order valence-corrected chi connectivity index (χ0v) is 13.1. The van der Waals surface area contributed by atoms with Crippen molar-refractivity contribution in [3.05, 3.63) is 29.6 Å². The van der Waals surface area contributed by atoms with Crippen molar-refractivity contribution in [1.82, 2.24) is 5.32 Å². The number of hydrogen-bond acceptors (Lipinski definition) is 2. The minimum absolute atomic E-state index is 0.169. The smallest absolute Gasteiger partial charge is 0.123 e. The third-order valence-electron chi connectivity index (χ3n) is 5.36. The van der Waals surface area contributed by atoms with Gasteiger partial charge in [-0.1, -0.05) is 13.3 Å². The van der Waals surface area contributed by atoms with Crippen molar-refractivity contribution in [2.45, 2.75) is 45.1 Å². The summed E-state index contributed by atoms with van der Waals surface area (Å²) in [5.74, 6) is 2.97. The summed E-state index contributed by atoms with van der Waals surface area (Å²) in [7, 11) is 1.68.